The number of hydrogen-bond donors (Lipinski definition) is 0. The van der Waals surface area contributed by atoms with Gasteiger partial charge >= 0.3 is 49.4 Å². The van der Waals surface area contributed by atoms with Gasteiger partial charge in [0, 0.05) is 31.1 Å². The van der Waals surface area contributed by atoms with E-state index in [0.29, 0.717) is 6.61 Å². The summed E-state index contributed by atoms with van der Waals surface area (Å²) in [6.07, 6.45) is -35.5. The first-order valence-electron chi connectivity index (χ1n) is 39.8. The third kappa shape index (κ3) is 22.0. The summed E-state index contributed by atoms with van der Waals surface area (Å²) in [5.41, 5.74) is -16.0. The molecule has 1 spiro atoms. The molecule has 0 N–H and O–H groups in total. The zero-order valence-corrected chi connectivity index (χ0v) is 72.8. The SMILES string of the molecule is CC(C)(C)c1cc(P(c2cc(C(C)(C)C)cc(C(C)(C)C)c2)c2cccc3c2[C@@]2(CCc4cccc(C5=N[C@@H](Cc6ccccc6)CO5)c42)CC3)cc(C(C)(C)C)c1.FC(F)(F)c1cc([B-](c2cc(C(F)(F)F)cc(C(F)(F)F)c2)(c2cc(C(F)(F)F)cc(C(F)(F)F)c2)c2cc(C(F)(F)F)cc(C(F)(F)F)c2)cc(C(F)(F)F)c1.[CH]1[CH]CC[CH][CH]CC1.[Ir]. The van der Waals surface area contributed by atoms with Gasteiger partial charge in [-0.2, -0.15) is 127 Å². The molecule has 3 aliphatic carbocycles. The maximum absolute atomic E-state index is 14.2. The Balaban J connectivity index is 0.000000236. The topological polar surface area (TPSA) is 21.6 Å². The molecule has 0 unspecified atom stereocenters. The van der Waals surface area contributed by atoms with Gasteiger partial charge in [-0.25, -0.2) is 4.99 Å². The van der Waals surface area contributed by atoms with E-state index in [0.717, 1.165) is 38.0 Å². The minimum atomic E-state index is -6.13. The molecule has 0 bridgehead atoms. The molecular formula is C95H90BF24IrNOP-. The molecule has 0 aromatic heterocycles. The number of fused-ring (bicyclic) bond motifs is 4. The molecule has 5 radical (unpaired) electrons. The molecule has 9 aromatic carbocycles. The van der Waals surface area contributed by atoms with Gasteiger partial charge in [-0.3, -0.25) is 0 Å². The summed E-state index contributed by atoms with van der Waals surface area (Å²) in [6.45, 7) is 29.2. The largest absolute Gasteiger partial charge is 0.475 e. The van der Waals surface area contributed by atoms with Gasteiger partial charge in [-0.05, 0) is 209 Å². The fourth-order valence-electron chi connectivity index (χ4n) is 16.7. The molecule has 9 aromatic rings. The number of hydrogen-bond acceptors (Lipinski definition) is 2. The van der Waals surface area contributed by atoms with Crippen LogP contribution < -0.4 is 37.8 Å². The van der Waals surface area contributed by atoms with E-state index in [1.807, 2.05) is 0 Å². The second kappa shape index (κ2) is 35.5. The van der Waals surface area contributed by atoms with E-state index in [9.17, 15) is 105 Å². The van der Waals surface area contributed by atoms with Crippen molar-refractivity contribution in [1.29, 1.82) is 0 Å². The van der Waals surface area contributed by atoms with Crippen molar-refractivity contribution < 1.29 is 130 Å². The summed E-state index contributed by atoms with van der Waals surface area (Å²) in [6, 6.07) is 31.7. The van der Waals surface area contributed by atoms with Crippen LogP contribution in [0.1, 0.15) is 222 Å². The van der Waals surface area contributed by atoms with Gasteiger partial charge in [-0.15, -0.1) is 0 Å². The number of aryl methyl sites for hydroxylation is 2. The monoisotopic (exact) mass is 1950 g/mol. The molecule has 29 heteroatoms. The molecule has 1 saturated carbocycles. The van der Waals surface area contributed by atoms with Crippen molar-refractivity contribution in [2.75, 3.05) is 6.61 Å². The molecular weight excluding hydrogens is 1860 g/mol. The van der Waals surface area contributed by atoms with E-state index in [-0.39, 0.29) is 53.2 Å². The van der Waals surface area contributed by atoms with E-state index in [1.165, 1.54) is 91.7 Å². The summed E-state index contributed by atoms with van der Waals surface area (Å²) < 4.78 is 347. The Kier molecular flexibility index (Phi) is 28.1. The second-order valence-corrected chi connectivity index (χ2v) is 38.2. The van der Waals surface area contributed by atoms with Gasteiger partial charge in [0.1, 0.15) is 12.8 Å². The fourth-order valence-corrected chi connectivity index (χ4v) is 19.4. The predicted octanol–water partition coefficient (Wildman–Crippen LogP) is 25.8. The molecule has 13 rings (SSSR count). The van der Waals surface area contributed by atoms with E-state index in [2.05, 4.69) is 212 Å². The minimum absolute atomic E-state index is 0. The van der Waals surface area contributed by atoms with Crippen molar-refractivity contribution in [3.63, 3.8) is 0 Å². The van der Waals surface area contributed by atoms with Gasteiger partial charge in [-0.1, -0.05) is 229 Å². The number of alkyl halides is 24. The molecule has 2 atom stereocenters. The number of halogens is 24. The first-order valence-corrected chi connectivity index (χ1v) is 41.1. The second-order valence-electron chi connectivity index (χ2n) is 36.0. The Morgan fingerprint density at radius 3 is 0.911 bits per heavy atom. The van der Waals surface area contributed by atoms with Crippen molar-refractivity contribution in [2.45, 2.75) is 223 Å². The standard InChI is InChI=1S/C55H66NOP.C32H12BF24.C8H12.Ir/c1-51(2,3)39-29-40(52(4,5)6)32-44(31-39)58(45-33-41(53(7,8)9)30-42(34-45)54(10,11)12)47-23-17-21-38-25-27-55(49(38)47)26-24-37-20-16-22-46(48(37)55)50-56-43(35-57-50)28-36-18-14-13-15-19-36;34-25(35,36)13-1-14(26(37,38)39)6-21(5-13)33(22-7-15(27(40,41)42)2-16(8-22)28(43,44)45,23-9-17(29(46,47)48)3-18(10-23)30(49,50)51)24-11-19(31(52,53)54)4-20(12-24)32(55,56)57;1-2-4-6-8-7-5-3-1;/h13-23,29-34,43H,24-28,35H2,1-12H3;1-12H;1-2,7-8H,3-6H2;/q;-1;;/t43-,55-;;;/m0.../s1. The zero-order valence-electron chi connectivity index (χ0n) is 69.5. The van der Waals surface area contributed by atoms with E-state index >= 15 is 0 Å². The molecule has 2 nitrogen and oxygen atoms in total. The minimum Gasteiger partial charge on any atom is -0.475 e. The van der Waals surface area contributed by atoms with E-state index in [1.54, 1.807) is 5.56 Å². The summed E-state index contributed by atoms with van der Waals surface area (Å²) in [5, 5.41) is 4.46. The number of rotatable bonds is 10. The van der Waals surface area contributed by atoms with Crippen LogP contribution in [0, 0.1) is 25.7 Å². The van der Waals surface area contributed by atoms with Crippen LogP contribution in [0.5, 0.6) is 0 Å². The first kappa shape index (κ1) is 98.1. The van der Waals surface area contributed by atoms with Crippen LogP contribution in [0.4, 0.5) is 105 Å². The Morgan fingerprint density at radius 2 is 0.621 bits per heavy atom. The van der Waals surface area contributed by atoms with E-state index in [4.69, 9.17) is 9.73 Å². The molecule has 0 saturated heterocycles. The van der Waals surface area contributed by atoms with Crippen molar-refractivity contribution in [3.8, 4) is 0 Å². The van der Waals surface area contributed by atoms with E-state index < -0.39 is 203 Å². The molecule has 4 aliphatic rings. The third-order valence-corrected chi connectivity index (χ3v) is 25.4. The quantitative estimate of drug-likeness (QED) is 0.0760. The molecule has 0 amide bonds. The van der Waals surface area contributed by atoms with Crippen LogP contribution in [-0.2, 0) is 121 Å². The van der Waals surface area contributed by atoms with Gasteiger partial charge in [0.25, 0.3) is 0 Å². The normalized spacial score (nSPS) is 17.2. The molecule has 1 heterocycles. The van der Waals surface area contributed by atoms with Gasteiger partial charge in [0.05, 0.1) is 50.5 Å². The average Bonchev–Trinajstić information content (AvgIpc) is 1.21. The van der Waals surface area contributed by atoms with Gasteiger partial charge in [0.15, 0.2) is 0 Å². The Labute approximate surface area is 720 Å². The van der Waals surface area contributed by atoms with Crippen LogP contribution in [-0.4, -0.2) is 24.7 Å². The Hall–Kier alpha value is -8.09. The molecule has 667 valence electrons. The Morgan fingerprint density at radius 1 is 0.339 bits per heavy atom. The van der Waals surface area contributed by atoms with Crippen molar-refractivity contribution in [2.24, 2.45) is 4.99 Å². The maximum Gasteiger partial charge on any atom is 0.416 e. The molecule has 1 fully saturated rings. The number of ether oxygens (including phenoxy) is 1. The maximum atomic E-state index is 14.2. The summed E-state index contributed by atoms with van der Waals surface area (Å²) in [4.78, 5) is 5.32. The number of aliphatic imine (C=N–C) groups is 1. The van der Waals surface area contributed by atoms with Crippen LogP contribution >= 0.6 is 7.92 Å². The smallest absolute Gasteiger partial charge is 0.416 e. The van der Waals surface area contributed by atoms with Crippen molar-refractivity contribution in [1.82, 2.24) is 0 Å². The third-order valence-electron chi connectivity index (χ3n) is 23.0. The fraction of sp³-hybridized carbons (Fsp3) is 0.379. The van der Waals surface area contributed by atoms with Crippen LogP contribution in [0.3, 0.4) is 0 Å². The number of nitrogens with zero attached hydrogens (tertiary/aromatic N) is 1. The summed E-state index contributed by atoms with van der Waals surface area (Å²) >= 11 is 0. The van der Waals surface area contributed by atoms with Crippen molar-refractivity contribution in [3.05, 3.63) is 302 Å². The van der Waals surface area contributed by atoms with Crippen LogP contribution in [0.25, 0.3) is 0 Å². The first-order chi connectivity index (χ1) is 56.5. The van der Waals surface area contributed by atoms with Gasteiger partial charge < -0.3 is 4.74 Å². The van der Waals surface area contributed by atoms with Gasteiger partial charge in [0.2, 0.25) is 5.90 Å². The van der Waals surface area contributed by atoms with Crippen molar-refractivity contribution >= 4 is 57.7 Å². The Bertz CT molecular complexity index is 4750. The summed E-state index contributed by atoms with van der Waals surface area (Å²) in [5.74, 6) is 0.840. The predicted molar refractivity (Wildman–Crippen MR) is 436 cm³/mol. The van der Waals surface area contributed by atoms with Crippen LogP contribution in [0.2, 0.25) is 0 Å². The average molecular weight is 1950 g/mol. The van der Waals surface area contributed by atoms with Crippen LogP contribution in [0.15, 0.2) is 181 Å². The zero-order chi connectivity index (χ0) is 91.0. The molecule has 124 heavy (non-hydrogen) atoms. The molecule has 1 aliphatic heterocycles. The summed E-state index contributed by atoms with van der Waals surface area (Å²) in [7, 11) is -0.951. The number of benzene rings is 9.